The predicted molar refractivity (Wildman–Crippen MR) is 102 cm³/mol. The summed E-state index contributed by atoms with van der Waals surface area (Å²) in [5, 5.41) is 6.67. The highest BCUT2D eigenvalue weighted by molar-refractivity contribution is 5.89. The van der Waals surface area contributed by atoms with Gasteiger partial charge in [0.25, 0.3) is 0 Å². The summed E-state index contributed by atoms with van der Waals surface area (Å²) in [5.74, 6) is 0.469. The summed E-state index contributed by atoms with van der Waals surface area (Å²) >= 11 is 0. The van der Waals surface area contributed by atoms with Crippen LogP contribution in [0.15, 0.2) is 53.6 Å². The monoisotopic (exact) mass is 352 g/mol. The quantitative estimate of drug-likeness (QED) is 0.585. The Balaban J connectivity index is 1.51. The van der Waals surface area contributed by atoms with Crippen LogP contribution in [-0.2, 0) is 11.3 Å². The van der Waals surface area contributed by atoms with Gasteiger partial charge in [0, 0.05) is 13.1 Å². The molecule has 0 amide bonds. The van der Waals surface area contributed by atoms with Crippen LogP contribution < -0.4 is 4.74 Å². The third-order valence-corrected chi connectivity index (χ3v) is 4.36. The fourth-order valence-electron chi connectivity index (χ4n) is 2.81. The summed E-state index contributed by atoms with van der Waals surface area (Å²) in [4.78, 5) is 11.4. The smallest absolute Gasteiger partial charge is 0.337 e. The molecule has 0 bridgehead atoms. The normalized spacial score (nSPS) is 14.4. The molecular formula is C21H24N2O3. The van der Waals surface area contributed by atoms with Crippen LogP contribution in [-0.4, -0.2) is 37.4 Å². The molecule has 136 valence electrons. The van der Waals surface area contributed by atoms with Crippen molar-refractivity contribution in [3.05, 3.63) is 65.2 Å². The van der Waals surface area contributed by atoms with Gasteiger partial charge in [-0.3, -0.25) is 5.01 Å². The zero-order chi connectivity index (χ0) is 18.2. The Morgan fingerprint density at radius 1 is 1.04 bits per heavy atom. The van der Waals surface area contributed by atoms with Gasteiger partial charge < -0.3 is 9.47 Å². The molecule has 0 aliphatic carbocycles. The minimum atomic E-state index is -0.334. The molecule has 0 radical (unpaired) electrons. The summed E-state index contributed by atoms with van der Waals surface area (Å²) in [6.07, 6.45) is 5.67. The van der Waals surface area contributed by atoms with Crippen LogP contribution in [0, 0.1) is 0 Å². The molecule has 1 heterocycles. The summed E-state index contributed by atoms with van der Waals surface area (Å²) in [6, 6.07) is 15.1. The number of ether oxygens (including phenoxy) is 2. The Hall–Kier alpha value is -2.82. The first-order valence-electron chi connectivity index (χ1n) is 8.93. The van der Waals surface area contributed by atoms with E-state index >= 15 is 0 Å². The molecule has 2 aromatic rings. The van der Waals surface area contributed by atoms with Crippen molar-refractivity contribution < 1.29 is 14.3 Å². The van der Waals surface area contributed by atoms with Crippen LogP contribution in [0.5, 0.6) is 5.75 Å². The molecule has 0 spiro atoms. The number of carbonyl (C=O) groups excluding carboxylic acids is 1. The van der Waals surface area contributed by atoms with E-state index in [9.17, 15) is 4.79 Å². The van der Waals surface area contributed by atoms with Gasteiger partial charge >= 0.3 is 5.97 Å². The maximum atomic E-state index is 11.4. The van der Waals surface area contributed by atoms with Crippen molar-refractivity contribution in [1.82, 2.24) is 5.01 Å². The maximum absolute atomic E-state index is 11.4. The molecule has 2 aromatic carbocycles. The van der Waals surface area contributed by atoms with Crippen molar-refractivity contribution in [1.29, 1.82) is 0 Å². The molecule has 1 aliphatic heterocycles. The molecule has 0 aromatic heterocycles. The van der Waals surface area contributed by atoms with Crippen LogP contribution in [0.4, 0.5) is 0 Å². The van der Waals surface area contributed by atoms with E-state index in [1.165, 1.54) is 26.4 Å². The summed E-state index contributed by atoms with van der Waals surface area (Å²) in [7, 11) is 1.38. The van der Waals surface area contributed by atoms with Gasteiger partial charge in [-0.05, 0) is 66.8 Å². The topological polar surface area (TPSA) is 51.1 Å². The van der Waals surface area contributed by atoms with Gasteiger partial charge in [0.05, 0.1) is 18.9 Å². The standard InChI is InChI=1S/C21H24N2O3/c1-25-21(24)19-9-5-18(6-10-19)16-26-20-11-7-17(8-12-20)15-22-23-13-3-2-4-14-23/h5-12,15H,2-4,13-14,16H2,1H3/b22-15-. The molecule has 5 heteroatoms. The molecule has 5 nitrogen and oxygen atoms in total. The van der Waals surface area contributed by atoms with Crippen LogP contribution in [0.1, 0.15) is 40.7 Å². The minimum Gasteiger partial charge on any atom is -0.489 e. The van der Waals surface area contributed by atoms with Crippen molar-refractivity contribution in [2.24, 2.45) is 5.10 Å². The molecule has 3 rings (SSSR count). The van der Waals surface area contributed by atoms with Gasteiger partial charge in [-0.15, -0.1) is 0 Å². The van der Waals surface area contributed by atoms with E-state index in [1.54, 1.807) is 12.1 Å². The lowest BCUT2D eigenvalue weighted by Gasteiger charge is -2.23. The highest BCUT2D eigenvalue weighted by atomic mass is 16.5. The largest absolute Gasteiger partial charge is 0.489 e. The predicted octanol–water partition coefficient (Wildman–Crippen LogP) is 3.87. The summed E-state index contributed by atoms with van der Waals surface area (Å²) < 4.78 is 10.5. The number of hydrogen-bond donors (Lipinski definition) is 0. The average molecular weight is 352 g/mol. The zero-order valence-electron chi connectivity index (χ0n) is 15.1. The molecule has 0 saturated carbocycles. The van der Waals surface area contributed by atoms with Crippen molar-refractivity contribution >= 4 is 12.2 Å². The Morgan fingerprint density at radius 2 is 1.73 bits per heavy atom. The van der Waals surface area contributed by atoms with E-state index in [0.717, 1.165) is 30.0 Å². The minimum absolute atomic E-state index is 0.334. The number of nitrogens with zero attached hydrogens (tertiary/aromatic N) is 2. The lowest BCUT2D eigenvalue weighted by molar-refractivity contribution is 0.0600. The van der Waals surface area contributed by atoms with E-state index in [4.69, 9.17) is 9.47 Å². The highest BCUT2D eigenvalue weighted by Gasteiger charge is 2.06. The first-order valence-corrected chi connectivity index (χ1v) is 8.93. The maximum Gasteiger partial charge on any atom is 0.337 e. The van der Waals surface area contributed by atoms with Crippen molar-refractivity contribution in [3.63, 3.8) is 0 Å². The van der Waals surface area contributed by atoms with Crippen LogP contribution in [0.3, 0.4) is 0 Å². The van der Waals surface area contributed by atoms with Crippen LogP contribution >= 0.6 is 0 Å². The third kappa shape index (κ3) is 5.09. The van der Waals surface area contributed by atoms with E-state index in [1.807, 2.05) is 42.6 Å². The van der Waals surface area contributed by atoms with E-state index in [-0.39, 0.29) is 5.97 Å². The average Bonchev–Trinajstić information content (AvgIpc) is 2.72. The fraction of sp³-hybridized carbons (Fsp3) is 0.333. The number of methoxy groups -OCH3 is 1. The second-order valence-electron chi connectivity index (χ2n) is 6.31. The molecule has 0 N–H and O–H groups in total. The molecule has 0 unspecified atom stereocenters. The van der Waals surface area contributed by atoms with E-state index in [2.05, 4.69) is 10.1 Å². The molecule has 1 saturated heterocycles. The molecule has 1 fully saturated rings. The first kappa shape index (κ1) is 18.0. The number of benzene rings is 2. The second kappa shape index (κ2) is 9.04. The van der Waals surface area contributed by atoms with E-state index in [0.29, 0.717) is 12.2 Å². The number of carbonyl (C=O) groups is 1. The Kier molecular flexibility index (Phi) is 6.25. The van der Waals surface area contributed by atoms with Crippen LogP contribution in [0.2, 0.25) is 0 Å². The second-order valence-corrected chi connectivity index (χ2v) is 6.31. The molecule has 26 heavy (non-hydrogen) atoms. The Labute approximate surface area is 154 Å². The summed E-state index contributed by atoms with van der Waals surface area (Å²) in [6.45, 7) is 2.54. The van der Waals surface area contributed by atoms with Gasteiger partial charge in [0.15, 0.2) is 0 Å². The van der Waals surface area contributed by atoms with Gasteiger partial charge in [-0.1, -0.05) is 12.1 Å². The van der Waals surface area contributed by atoms with Gasteiger partial charge in [-0.2, -0.15) is 5.10 Å². The van der Waals surface area contributed by atoms with Crippen molar-refractivity contribution in [2.45, 2.75) is 25.9 Å². The van der Waals surface area contributed by atoms with Crippen molar-refractivity contribution in [3.8, 4) is 5.75 Å². The van der Waals surface area contributed by atoms with E-state index < -0.39 is 0 Å². The third-order valence-electron chi connectivity index (χ3n) is 4.36. The van der Waals surface area contributed by atoms with Gasteiger partial charge in [-0.25, -0.2) is 4.79 Å². The highest BCUT2D eigenvalue weighted by Crippen LogP contribution is 2.15. The molecule has 1 aliphatic rings. The first-order chi connectivity index (χ1) is 12.7. The SMILES string of the molecule is COC(=O)c1ccc(COc2ccc(/C=N\N3CCCCC3)cc2)cc1. The Bertz CT molecular complexity index is 733. The number of hydrogen-bond acceptors (Lipinski definition) is 5. The number of esters is 1. The molecular weight excluding hydrogens is 328 g/mol. The lowest BCUT2D eigenvalue weighted by Crippen LogP contribution is -2.24. The van der Waals surface area contributed by atoms with Crippen molar-refractivity contribution in [2.75, 3.05) is 20.2 Å². The van der Waals surface area contributed by atoms with Gasteiger partial charge in [0.1, 0.15) is 12.4 Å². The van der Waals surface area contributed by atoms with Gasteiger partial charge in [0.2, 0.25) is 0 Å². The zero-order valence-corrected chi connectivity index (χ0v) is 15.1. The molecule has 0 atom stereocenters. The lowest BCUT2D eigenvalue weighted by atomic mass is 10.1. The number of piperidine rings is 1. The Morgan fingerprint density at radius 3 is 2.38 bits per heavy atom. The fourth-order valence-corrected chi connectivity index (χ4v) is 2.81. The number of rotatable bonds is 6. The summed E-state index contributed by atoms with van der Waals surface area (Å²) in [5.41, 5.74) is 2.59. The number of hydrazone groups is 1. The van der Waals surface area contributed by atoms with Crippen LogP contribution in [0.25, 0.3) is 0 Å².